The molecule has 1 aromatic carbocycles. The fourth-order valence-electron chi connectivity index (χ4n) is 1.49. The number of ether oxygens (including phenoxy) is 1. The second-order valence-corrected chi connectivity index (χ2v) is 4.16. The van der Waals surface area contributed by atoms with E-state index in [1.165, 1.54) is 5.56 Å². The third-order valence-corrected chi connectivity index (χ3v) is 2.60. The van der Waals surface area contributed by atoms with Gasteiger partial charge in [0.2, 0.25) is 0 Å². The van der Waals surface area contributed by atoms with Crippen molar-refractivity contribution in [2.45, 2.75) is 26.4 Å². The Kier molecular flexibility index (Phi) is 6.46. The summed E-state index contributed by atoms with van der Waals surface area (Å²) in [6.07, 6.45) is 1.16. The fraction of sp³-hybridized carbons (Fsp3) is 0.538. The maximum absolute atomic E-state index is 5.87. The van der Waals surface area contributed by atoms with Crippen LogP contribution in [0.2, 0.25) is 5.02 Å². The summed E-state index contributed by atoms with van der Waals surface area (Å²) in [5.74, 6) is 0. The molecular formula is C13H20ClNO. The van der Waals surface area contributed by atoms with Gasteiger partial charge in [0, 0.05) is 18.2 Å². The lowest BCUT2D eigenvalue weighted by Gasteiger charge is -2.18. The van der Waals surface area contributed by atoms with E-state index in [4.69, 9.17) is 16.3 Å². The Labute approximate surface area is 103 Å². The van der Waals surface area contributed by atoms with E-state index < -0.39 is 0 Å². The molecule has 0 aromatic heterocycles. The van der Waals surface area contributed by atoms with Crippen LogP contribution in [0, 0.1) is 0 Å². The predicted molar refractivity (Wildman–Crippen MR) is 69.0 cm³/mol. The molecule has 90 valence electrons. The molecule has 0 heterocycles. The molecule has 16 heavy (non-hydrogen) atoms. The molecule has 1 aromatic rings. The van der Waals surface area contributed by atoms with Gasteiger partial charge in [0.25, 0.3) is 0 Å². The molecular weight excluding hydrogens is 222 g/mol. The van der Waals surface area contributed by atoms with Gasteiger partial charge in [0.15, 0.2) is 0 Å². The predicted octanol–water partition coefficient (Wildman–Crippen LogP) is 3.42. The number of nitrogens with one attached hydrogen (secondary N) is 1. The van der Waals surface area contributed by atoms with Gasteiger partial charge in [-0.05, 0) is 30.7 Å². The van der Waals surface area contributed by atoms with Crippen LogP contribution in [0.3, 0.4) is 0 Å². The smallest absolute Gasteiger partial charge is 0.0949 e. The zero-order valence-electron chi connectivity index (χ0n) is 10.0. The lowest BCUT2D eigenvalue weighted by atomic mass is 10.1. The van der Waals surface area contributed by atoms with E-state index in [0.29, 0.717) is 0 Å². The first kappa shape index (κ1) is 13.5. The first-order valence-electron chi connectivity index (χ1n) is 5.85. The normalized spacial score (nSPS) is 12.7. The molecule has 0 saturated carbocycles. The summed E-state index contributed by atoms with van der Waals surface area (Å²) in [6, 6.07) is 7.87. The van der Waals surface area contributed by atoms with Gasteiger partial charge in [-0.1, -0.05) is 37.6 Å². The Morgan fingerprint density at radius 2 is 1.94 bits per heavy atom. The van der Waals surface area contributed by atoms with Gasteiger partial charge in [-0.3, -0.25) is 0 Å². The molecule has 0 aliphatic heterocycles. The summed E-state index contributed by atoms with van der Waals surface area (Å²) >= 11 is 5.87. The zero-order valence-corrected chi connectivity index (χ0v) is 10.8. The summed E-state index contributed by atoms with van der Waals surface area (Å²) in [6.45, 7) is 6.81. The monoisotopic (exact) mass is 241 g/mol. The summed E-state index contributed by atoms with van der Waals surface area (Å²) in [5.41, 5.74) is 1.18. The summed E-state index contributed by atoms with van der Waals surface area (Å²) < 4.78 is 5.81. The standard InChI is InChI=1S/C13H20ClNO/c1-3-9-16-13(10-15-4-2)11-5-7-12(14)8-6-11/h5-8,13,15H,3-4,9-10H2,1-2H3. The molecule has 2 nitrogen and oxygen atoms in total. The van der Waals surface area contributed by atoms with Crippen molar-refractivity contribution in [2.24, 2.45) is 0 Å². The molecule has 1 N–H and O–H groups in total. The van der Waals surface area contributed by atoms with Crippen LogP contribution >= 0.6 is 11.6 Å². The second-order valence-electron chi connectivity index (χ2n) is 3.72. The lowest BCUT2D eigenvalue weighted by Crippen LogP contribution is -2.23. The Balaban J connectivity index is 2.62. The summed E-state index contributed by atoms with van der Waals surface area (Å²) in [4.78, 5) is 0. The average molecular weight is 242 g/mol. The number of halogens is 1. The van der Waals surface area contributed by atoms with Crippen LogP contribution < -0.4 is 5.32 Å². The van der Waals surface area contributed by atoms with E-state index in [9.17, 15) is 0 Å². The minimum Gasteiger partial charge on any atom is -0.372 e. The highest BCUT2D eigenvalue weighted by molar-refractivity contribution is 6.30. The highest BCUT2D eigenvalue weighted by atomic mass is 35.5. The topological polar surface area (TPSA) is 21.3 Å². The SMILES string of the molecule is CCCOC(CNCC)c1ccc(Cl)cc1. The lowest BCUT2D eigenvalue weighted by molar-refractivity contribution is 0.0534. The van der Waals surface area contributed by atoms with E-state index in [1.54, 1.807) is 0 Å². The van der Waals surface area contributed by atoms with E-state index >= 15 is 0 Å². The number of benzene rings is 1. The van der Waals surface area contributed by atoms with Gasteiger partial charge in [0.1, 0.15) is 0 Å². The number of likely N-dealkylation sites (N-methyl/N-ethyl adjacent to an activating group) is 1. The Hall–Kier alpha value is -0.570. The second kappa shape index (κ2) is 7.66. The molecule has 0 amide bonds. The van der Waals surface area contributed by atoms with Crippen molar-refractivity contribution in [2.75, 3.05) is 19.7 Å². The number of hydrogen-bond donors (Lipinski definition) is 1. The van der Waals surface area contributed by atoms with E-state index in [1.807, 2.05) is 24.3 Å². The quantitative estimate of drug-likeness (QED) is 0.790. The van der Waals surface area contributed by atoms with Crippen LogP contribution in [0.15, 0.2) is 24.3 Å². The van der Waals surface area contributed by atoms with Crippen molar-refractivity contribution >= 4 is 11.6 Å². The van der Waals surface area contributed by atoms with Gasteiger partial charge >= 0.3 is 0 Å². The third kappa shape index (κ3) is 4.52. The molecule has 0 aliphatic carbocycles. The first-order valence-corrected chi connectivity index (χ1v) is 6.23. The van der Waals surface area contributed by atoms with Crippen molar-refractivity contribution in [3.8, 4) is 0 Å². The van der Waals surface area contributed by atoms with Crippen LogP contribution in [0.1, 0.15) is 31.9 Å². The molecule has 3 heteroatoms. The van der Waals surface area contributed by atoms with Gasteiger partial charge in [-0.2, -0.15) is 0 Å². The number of rotatable bonds is 7. The summed E-state index contributed by atoms with van der Waals surface area (Å²) in [5, 5.41) is 4.08. The van der Waals surface area contributed by atoms with Crippen LogP contribution in [0.25, 0.3) is 0 Å². The summed E-state index contributed by atoms with van der Waals surface area (Å²) in [7, 11) is 0. The molecule has 1 atom stereocenters. The van der Waals surface area contributed by atoms with Gasteiger partial charge in [-0.15, -0.1) is 0 Å². The maximum atomic E-state index is 5.87. The molecule has 0 fully saturated rings. The van der Waals surface area contributed by atoms with E-state index in [-0.39, 0.29) is 6.10 Å². The van der Waals surface area contributed by atoms with Crippen molar-refractivity contribution < 1.29 is 4.74 Å². The van der Waals surface area contributed by atoms with Crippen LogP contribution in [-0.4, -0.2) is 19.7 Å². The van der Waals surface area contributed by atoms with Crippen molar-refractivity contribution in [3.63, 3.8) is 0 Å². The Morgan fingerprint density at radius 1 is 1.25 bits per heavy atom. The van der Waals surface area contributed by atoms with E-state index in [2.05, 4.69) is 19.2 Å². The molecule has 0 saturated heterocycles. The van der Waals surface area contributed by atoms with Crippen molar-refractivity contribution in [3.05, 3.63) is 34.9 Å². The van der Waals surface area contributed by atoms with Crippen molar-refractivity contribution in [1.29, 1.82) is 0 Å². The average Bonchev–Trinajstić information content (AvgIpc) is 2.31. The minimum absolute atomic E-state index is 0.122. The molecule has 0 radical (unpaired) electrons. The highest BCUT2D eigenvalue weighted by Crippen LogP contribution is 2.19. The van der Waals surface area contributed by atoms with Gasteiger partial charge < -0.3 is 10.1 Å². The van der Waals surface area contributed by atoms with Crippen LogP contribution in [0.4, 0.5) is 0 Å². The third-order valence-electron chi connectivity index (χ3n) is 2.34. The minimum atomic E-state index is 0.122. The van der Waals surface area contributed by atoms with Crippen LogP contribution in [-0.2, 0) is 4.74 Å². The molecule has 0 aliphatic rings. The number of hydrogen-bond acceptors (Lipinski definition) is 2. The first-order chi connectivity index (χ1) is 7.77. The molecule has 1 unspecified atom stereocenters. The fourth-order valence-corrected chi connectivity index (χ4v) is 1.61. The zero-order chi connectivity index (χ0) is 11.8. The molecule has 1 rings (SSSR count). The molecule has 0 bridgehead atoms. The Morgan fingerprint density at radius 3 is 2.50 bits per heavy atom. The maximum Gasteiger partial charge on any atom is 0.0949 e. The largest absolute Gasteiger partial charge is 0.372 e. The van der Waals surface area contributed by atoms with Gasteiger partial charge in [0.05, 0.1) is 6.10 Å². The molecule has 0 spiro atoms. The van der Waals surface area contributed by atoms with E-state index in [0.717, 1.165) is 31.1 Å². The highest BCUT2D eigenvalue weighted by Gasteiger charge is 2.10. The Bertz CT molecular complexity index is 278. The van der Waals surface area contributed by atoms with Gasteiger partial charge in [-0.25, -0.2) is 0 Å². The van der Waals surface area contributed by atoms with Crippen molar-refractivity contribution in [1.82, 2.24) is 5.32 Å². The van der Waals surface area contributed by atoms with Crippen LogP contribution in [0.5, 0.6) is 0 Å².